The minimum atomic E-state index is 0.545. The van der Waals surface area contributed by atoms with Gasteiger partial charge in [-0.3, -0.25) is 0 Å². The van der Waals surface area contributed by atoms with E-state index in [1.807, 2.05) is 0 Å². The maximum Gasteiger partial charge on any atom is 0.318 e. The van der Waals surface area contributed by atoms with Gasteiger partial charge in [-0.25, -0.2) is 0 Å². The summed E-state index contributed by atoms with van der Waals surface area (Å²) in [6, 6.07) is 0.620. The maximum atomic E-state index is 5.69. The Labute approximate surface area is 119 Å². The second-order valence-corrected chi connectivity index (χ2v) is 5.06. The molecule has 2 heterocycles. The van der Waals surface area contributed by atoms with Crippen molar-refractivity contribution in [3.63, 3.8) is 0 Å². The molecule has 1 aromatic heterocycles. The first kappa shape index (κ1) is 15.2. The van der Waals surface area contributed by atoms with Crippen LogP contribution < -0.4 is 10.2 Å². The zero-order valence-electron chi connectivity index (χ0n) is 12.3. The highest BCUT2D eigenvalue weighted by Gasteiger charge is 2.23. The number of ether oxygens (including phenoxy) is 2. The first-order chi connectivity index (χ1) is 9.83. The van der Waals surface area contributed by atoms with Crippen LogP contribution in [0.25, 0.3) is 0 Å². The Morgan fingerprint density at radius 1 is 1.35 bits per heavy atom. The van der Waals surface area contributed by atoms with Crippen molar-refractivity contribution in [3.05, 3.63) is 5.89 Å². The van der Waals surface area contributed by atoms with Gasteiger partial charge in [-0.1, -0.05) is 5.10 Å². The van der Waals surface area contributed by atoms with Gasteiger partial charge in [0.25, 0.3) is 0 Å². The fourth-order valence-corrected chi connectivity index (χ4v) is 2.42. The van der Waals surface area contributed by atoms with E-state index in [0.29, 0.717) is 31.0 Å². The van der Waals surface area contributed by atoms with Crippen LogP contribution in [0.4, 0.5) is 6.01 Å². The van der Waals surface area contributed by atoms with E-state index in [4.69, 9.17) is 13.9 Å². The molecule has 1 aliphatic rings. The van der Waals surface area contributed by atoms with Crippen LogP contribution in [0, 0.1) is 5.92 Å². The molecule has 0 bridgehead atoms. The Morgan fingerprint density at radius 2 is 2.25 bits per heavy atom. The summed E-state index contributed by atoms with van der Waals surface area (Å²) in [6.07, 6.45) is 2.34. The molecule has 1 N–H and O–H groups in total. The molecule has 0 saturated carbocycles. The second-order valence-electron chi connectivity index (χ2n) is 5.06. The molecular formula is C13H24N4O3. The van der Waals surface area contributed by atoms with E-state index in [0.717, 1.165) is 32.7 Å². The third kappa shape index (κ3) is 4.43. The Bertz CT molecular complexity index is 383. The predicted octanol–water partition coefficient (Wildman–Crippen LogP) is 0.668. The summed E-state index contributed by atoms with van der Waals surface area (Å²) in [7, 11) is 3.43. The first-order valence-electron chi connectivity index (χ1n) is 7.09. The number of hydrogen-bond acceptors (Lipinski definition) is 7. The lowest BCUT2D eigenvalue weighted by Gasteiger charge is -2.30. The lowest BCUT2D eigenvalue weighted by molar-refractivity contribution is 0.142. The number of anilines is 1. The molecule has 1 fully saturated rings. The smallest absolute Gasteiger partial charge is 0.318 e. The number of piperidine rings is 1. The molecule has 0 radical (unpaired) electrons. The van der Waals surface area contributed by atoms with E-state index in [9.17, 15) is 0 Å². The van der Waals surface area contributed by atoms with E-state index in [1.165, 1.54) is 6.42 Å². The predicted molar refractivity (Wildman–Crippen MR) is 74.7 cm³/mol. The van der Waals surface area contributed by atoms with Gasteiger partial charge in [0.1, 0.15) is 0 Å². The van der Waals surface area contributed by atoms with Crippen molar-refractivity contribution in [2.45, 2.75) is 19.4 Å². The van der Waals surface area contributed by atoms with Crippen molar-refractivity contribution < 1.29 is 13.9 Å². The lowest BCUT2D eigenvalue weighted by atomic mass is 9.99. The minimum Gasteiger partial charge on any atom is -0.407 e. The maximum absolute atomic E-state index is 5.69. The second kappa shape index (κ2) is 8.18. The summed E-state index contributed by atoms with van der Waals surface area (Å²) in [6.45, 7) is 4.70. The normalized spacial score (nSPS) is 19.5. The Morgan fingerprint density at radius 3 is 3.05 bits per heavy atom. The Kier molecular flexibility index (Phi) is 6.23. The number of methoxy groups -OCH3 is 2. The summed E-state index contributed by atoms with van der Waals surface area (Å²) in [5.74, 6) is 1.16. The van der Waals surface area contributed by atoms with Crippen LogP contribution in [0.3, 0.4) is 0 Å². The van der Waals surface area contributed by atoms with Crippen LogP contribution in [-0.2, 0) is 16.0 Å². The number of rotatable bonds is 8. The van der Waals surface area contributed by atoms with Gasteiger partial charge in [-0.2, -0.15) is 0 Å². The van der Waals surface area contributed by atoms with Crippen molar-refractivity contribution in [2.24, 2.45) is 5.92 Å². The lowest BCUT2D eigenvalue weighted by Crippen LogP contribution is -2.37. The van der Waals surface area contributed by atoms with Crippen LogP contribution in [-0.4, -0.2) is 57.3 Å². The number of nitrogens with one attached hydrogen (secondary N) is 1. The number of aromatic nitrogens is 2. The summed E-state index contributed by atoms with van der Waals surface area (Å²) >= 11 is 0. The molecule has 7 nitrogen and oxygen atoms in total. The van der Waals surface area contributed by atoms with Gasteiger partial charge in [0.05, 0.1) is 19.8 Å². The van der Waals surface area contributed by atoms with E-state index in [-0.39, 0.29) is 0 Å². The molecule has 7 heteroatoms. The standard InChI is InChI=1S/C13H24N4O3/c1-18-7-5-14-8-12-15-16-13(20-12)17-6-3-4-11(9-17)10-19-2/h11,14H,3-10H2,1-2H3. The molecule has 1 aliphatic heterocycles. The van der Waals surface area contributed by atoms with Gasteiger partial charge in [-0.05, 0) is 12.8 Å². The zero-order valence-corrected chi connectivity index (χ0v) is 12.3. The van der Waals surface area contributed by atoms with Crippen LogP contribution >= 0.6 is 0 Å². The van der Waals surface area contributed by atoms with Crippen LogP contribution in [0.1, 0.15) is 18.7 Å². The van der Waals surface area contributed by atoms with Gasteiger partial charge >= 0.3 is 6.01 Å². The zero-order chi connectivity index (χ0) is 14.2. The summed E-state index contributed by atoms with van der Waals surface area (Å²) in [5, 5.41) is 11.4. The SMILES string of the molecule is COCCNCc1nnc(N2CCCC(COC)C2)o1. The van der Waals surface area contributed by atoms with E-state index in [1.54, 1.807) is 14.2 Å². The summed E-state index contributed by atoms with van der Waals surface area (Å²) in [5.41, 5.74) is 0. The highest BCUT2D eigenvalue weighted by atomic mass is 16.5. The largest absolute Gasteiger partial charge is 0.407 e. The molecule has 2 rings (SSSR count). The number of hydrogen-bond donors (Lipinski definition) is 1. The molecule has 20 heavy (non-hydrogen) atoms. The van der Waals surface area contributed by atoms with Gasteiger partial charge < -0.3 is 24.1 Å². The first-order valence-corrected chi connectivity index (χ1v) is 7.09. The molecule has 0 amide bonds. The van der Waals surface area contributed by atoms with E-state index >= 15 is 0 Å². The van der Waals surface area contributed by atoms with Crippen molar-refractivity contribution >= 4 is 6.01 Å². The van der Waals surface area contributed by atoms with Crippen molar-refractivity contribution in [3.8, 4) is 0 Å². The average molecular weight is 284 g/mol. The Balaban J connectivity index is 1.81. The van der Waals surface area contributed by atoms with Gasteiger partial charge in [-0.15, -0.1) is 5.10 Å². The van der Waals surface area contributed by atoms with Crippen molar-refractivity contribution in [2.75, 3.05) is 52.0 Å². The molecule has 0 aliphatic carbocycles. The van der Waals surface area contributed by atoms with Crippen LogP contribution in [0.2, 0.25) is 0 Å². The fraction of sp³-hybridized carbons (Fsp3) is 0.846. The topological polar surface area (TPSA) is 72.7 Å². The third-order valence-corrected chi connectivity index (χ3v) is 3.41. The molecule has 1 saturated heterocycles. The quantitative estimate of drug-likeness (QED) is 0.703. The van der Waals surface area contributed by atoms with Crippen LogP contribution in [0.5, 0.6) is 0 Å². The van der Waals surface area contributed by atoms with Crippen molar-refractivity contribution in [1.82, 2.24) is 15.5 Å². The third-order valence-electron chi connectivity index (χ3n) is 3.41. The molecule has 0 spiro atoms. The molecule has 1 aromatic rings. The van der Waals surface area contributed by atoms with Gasteiger partial charge in [0.15, 0.2) is 0 Å². The summed E-state index contributed by atoms with van der Waals surface area (Å²) < 4.78 is 15.9. The summed E-state index contributed by atoms with van der Waals surface area (Å²) in [4.78, 5) is 2.15. The minimum absolute atomic E-state index is 0.545. The fourth-order valence-electron chi connectivity index (χ4n) is 2.42. The van der Waals surface area contributed by atoms with Crippen LogP contribution in [0.15, 0.2) is 4.42 Å². The number of nitrogens with zero attached hydrogens (tertiary/aromatic N) is 3. The Hall–Kier alpha value is -1.18. The highest BCUT2D eigenvalue weighted by molar-refractivity contribution is 5.25. The molecular weight excluding hydrogens is 260 g/mol. The monoisotopic (exact) mass is 284 g/mol. The van der Waals surface area contributed by atoms with E-state index in [2.05, 4.69) is 20.4 Å². The molecule has 114 valence electrons. The van der Waals surface area contributed by atoms with E-state index < -0.39 is 0 Å². The average Bonchev–Trinajstić information content (AvgIpc) is 2.93. The molecule has 1 unspecified atom stereocenters. The molecule has 0 aromatic carbocycles. The van der Waals surface area contributed by atoms with Gasteiger partial charge in [0, 0.05) is 39.8 Å². The highest BCUT2D eigenvalue weighted by Crippen LogP contribution is 2.22. The molecule has 1 atom stereocenters. The van der Waals surface area contributed by atoms with Gasteiger partial charge in [0.2, 0.25) is 5.89 Å². The van der Waals surface area contributed by atoms with Crippen molar-refractivity contribution in [1.29, 1.82) is 0 Å².